The number of hydrogen-bond donors (Lipinski definition) is 2. The molecule has 30 heavy (non-hydrogen) atoms. The molecule has 4 rings (SSSR count). The fourth-order valence-corrected chi connectivity index (χ4v) is 3.14. The highest BCUT2D eigenvalue weighted by atomic mass is 35.5. The molecule has 6 nitrogen and oxygen atoms in total. The second-order valence-electron chi connectivity index (χ2n) is 6.47. The van der Waals surface area contributed by atoms with E-state index in [1.54, 1.807) is 36.4 Å². The summed E-state index contributed by atoms with van der Waals surface area (Å²) in [5, 5.41) is 4.24. The molecule has 0 radical (unpaired) electrons. The first-order valence-electron chi connectivity index (χ1n) is 9.00. The Morgan fingerprint density at radius 2 is 1.90 bits per heavy atom. The summed E-state index contributed by atoms with van der Waals surface area (Å²) in [6.07, 6.45) is 0. The zero-order chi connectivity index (χ0) is 21.1. The van der Waals surface area contributed by atoms with E-state index < -0.39 is 5.91 Å². The SMILES string of the molecule is NC(=O)c1nc(Nc2ccc(OCc3cccc(F)c3)c(Cl)c2)c2ccccc2n1. The Labute approximate surface area is 176 Å². The molecular formula is C22H16ClFN4O2. The number of nitrogens with zero attached hydrogens (tertiary/aromatic N) is 2. The molecule has 4 aromatic rings. The molecule has 0 spiro atoms. The number of carbonyl (C=O) groups is 1. The number of anilines is 2. The summed E-state index contributed by atoms with van der Waals surface area (Å²) >= 11 is 6.35. The summed E-state index contributed by atoms with van der Waals surface area (Å²) in [7, 11) is 0. The quantitative estimate of drug-likeness (QED) is 0.464. The Balaban J connectivity index is 1.57. The first kappa shape index (κ1) is 19.6. The molecule has 0 saturated carbocycles. The highest BCUT2D eigenvalue weighted by molar-refractivity contribution is 6.32. The van der Waals surface area contributed by atoms with Crippen molar-refractivity contribution in [3.63, 3.8) is 0 Å². The molecule has 1 heterocycles. The van der Waals surface area contributed by atoms with Gasteiger partial charge in [-0.2, -0.15) is 0 Å². The number of primary amides is 1. The summed E-state index contributed by atoms with van der Waals surface area (Å²) in [5.74, 6) is -0.245. The van der Waals surface area contributed by atoms with Crippen molar-refractivity contribution in [3.8, 4) is 5.75 Å². The highest BCUT2D eigenvalue weighted by Crippen LogP contribution is 2.31. The van der Waals surface area contributed by atoms with Crippen LogP contribution >= 0.6 is 11.6 Å². The fourth-order valence-electron chi connectivity index (χ4n) is 2.90. The lowest BCUT2D eigenvalue weighted by Gasteiger charge is -2.12. The van der Waals surface area contributed by atoms with Crippen LogP contribution in [0, 0.1) is 5.82 Å². The van der Waals surface area contributed by atoms with Gasteiger partial charge in [-0.05, 0) is 48.0 Å². The summed E-state index contributed by atoms with van der Waals surface area (Å²) in [6.45, 7) is 0.183. The molecule has 0 saturated heterocycles. The number of rotatable bonds is 6. The number of hydrogen-bond acceptors (Lipinski definition) is 5. The number of para-hydroxylation sites is 1. The topological polar surface area (TPSA) is 90.1 Å². The molecular weight excluding hydrogens is 407 g/mol. The van der Waals surface area contributed by atoms with Crippen LogP contribution in [0.2, 0.25) is 5.02 Å². The largest absolute Gasteiger partial charge is 0.487 e. The second-order valence-corrected chi connectivity index (χ2v) is 6.87. The summed E-state index contributed by atoms with van der Waals surface area (Å²) in [4.78, 5) is 20.0. The number of nitrogens with one attached hydrogen (secondary N) is 1. The van der Waals surface area contributed by atoms with E-state index in [1.807, 2.05) is 18.2 Å². The monoisotopic (exact) mass is 422 g/mol. The van der Waals surface area contributed by atoms with Crippen molar-refractivity contribution in [1.82, 2.24) is 9.97 Å². The molecule has 0 aliphatic rings. The third-order valence-corrected chi connectivity index (χ3v) is 4.60. The molecule has 150 valence electrons. The van der Waals surface area contributed by atoms with E-state index in [9.17, 15) is 9.18 Å². The lowest BCUT2D eigenvalue weighted by atomic mass is 10.2. The van der Waals surface area contributed by atoms with Crippen molar-refractivity contribution in [2.24, 2.45) is 5.73 Å². The minimum Gasteiger partial charge on any atom is -0.487 e. The van der Waals surface area contributed by atoms with Gasteiger partial charge in [0.05, 0.1) is 10.5 Å². The van der Waals surface area contributed by atoms with Crippen LogP contribution < -0.4 is 15.8 Å². The average molecular weight is 423 g/mol. The molecule has 0 aliphatic carbocycles. The van der Waals surface area contributed by atoms with Gasteiger partial charge in [-0.3, -0.25) is 4.79 Å². The van der Waals surface area contributed by atoms with Crippen molar-refractivity contribution in [2.45, 2.75) is 6.61 Å². The van der Waals surface area contributed by atoms with Crippen molar-refractivity contribution >= 4 is 39.9 Å². The Hall–Kier alpha value is -3.71. The van der Waals surface area contributed by atoms with Crippen LogP contribution in [-0.2, 0) is 6.61 Å². The van der Waals surface area contributed by atoms with E-state index in [1.165, 1.54) is 12.1 Å². The third-order valence-electron chi connectivity index (χ3n) is 4.30. The predicted molar refractivity (Wildman–Crippen MR) is 114 cm³/mol. The van der Waals surface area contributed by atoms with E-state index in [0.717, 1.165) is 5.39 Å². The van der Waals surface area contributed by atoms with Crippen LogP contribution in [-0.4, -0.2) is 15.9 Å². The number of nitrogens with two attached hydrogens (primary N) is 1. The van der Waals surface area contributed by atoms with Crippen LogP contribution in [0.4, 0.5) is 15.9 Å². The van der Waals surface area contributed by atoms with Crippen molar-refractivity contribution < 1.29 is 13.9 Å². The number of fused-ring (bicyclic) bond motifs is 1. The van der Waals surface area contributed by atoms with E-state index in [0.29, 0.717) is 33.4 Å². The Morgan fingerprint density at radius 3 is 2.67 bits per heavy atom. The van der Waals surface area contributed by atoms with Gasteiger partial charge < -0.3 is 15.8 Å². The van der Waals surface area contributed by atoms with Gasteiger partial charge in [0, 0.05) is 11.1 Å². The summed E-state index contributed by atoms with van der Waals surface area (Å²) < 4.78 is 19.0. The van der Waals surface area contributed by atoms with Crippen molar-refractivity contribution in [1.29, 1.82) is 0 Å². The average Bonchev–Trinajstić information content (AvgIpc) is 2.73. The van der Waals surface area contributed by atoms with Crippen LogP contribution in [0.5, 0.6) is 5.75 Å². The molecule has 0 fully saturated rings. The van der Waals surface area contributed by atoms with Gasteiger partial charge in [0.15, 0.2) is 0 Å². The highest BCUT2D eigenvalue weighted by Gasteiger charge is 2.12. The van der Waals surface area contributed by atoms with Gasteiger partial charge >= 0.3 is 0 Å². The van der Waals surface area contributed by atoms with E-state index in [-0.39, 0.29) is 18.2 Å². The molecule has 0 aliphatic heterocycles. The first-order chi connectivity index (χ1) is 14.5. The number of carbonyl (C=O) groups excluding carboxylic acids is 1. The van der Waals surface area contributed by atoms with Gasteiger partial charge in [0.2, 0.25) is 5.82 Å². The van der Waals surface area contributed by atoms with E-state index in [4.69, 9.17) is 22.1 Å². The van der Waals surface area contributed by atoms with Crippen molar-refractivity contribution in [3.05, 3.63) is 89.0 Å². The minimum absolute atomic E-state index is 0.0858. The fraction of sp³-hybridized carbons (Fsp3) is 0.0455. The number of amides is 1. The normalized spacial score (nSPS) is 10.7. The molecule has 0 atom stereocenters. The maximum atomic E-state index is 13.3. The maximum Gasteiger partial charge on any atom is 0.286 e. The first-order valence-corrected chi connectivity index (χ1v) is 9.38. The summed E-state index contributed by atoms with van der Waals surface area (Å²) in [5.41, 5.74) is 7.27. The van der Waals surface area contributed by atoms with Gasteiger partial charge in [-0.1, -0.05) is 35.9 Å². The molecule has 8 heteroatoms. The summed E-state index contributed by atoms with van der Waals surface area (Å²) in [6, 6.07) is 18.5. The Bertz CT molecular complexity index is 1250. The lowest BCUT2D eigenvalue weighted by Crippen LogP contribution is -2.16. The number of benzene rings is 3. The number of aromatic nitrogens is 2. The molecule has 3 aromatic carbocycles. The van der Waals surface area contributed by atoms with Gasteiger partial charge in [0.1, 0.15) is 24.0 Å². The lowest BCUT2D eigenvalue weighted by molar-refractivity contribution is 0.0991. The molecule has 0 unspecified atom stereocenters. The minimum atomic E-state index is -0.720. The van der Waals surface area contributed by atoms with Crippen LogP contribution in [0.25, 0.3) is 10.9 Å². The van der Waals surface area contributed by atoms with E-state index in [2.05, 4.69) is 15.3 Å². The second kappa shape index (κ2) is 8.34. The molecule has 1 aromatic heterocycles. The number of ether oxygens (including phenoxy) is 1. The van der Waals surface area contributed by atoms with Crippen LogP contribution in [0.1, 0.15) is 16.2 Å². The smallest absolute Gasteiger partial charge is 0.286 e. The molecule has 0 bridgehead atoms. The van der Waals surface area contributed by atoms with Crippen molar-refractivity contribution in [2.75, 3.05) is 5.32 Å². The zero-order valence-electron chi connectivity index (χ0n) is 15.6. The Morgan fingerprint density at radius 1 is 1.07 bits per heavy atom. The maximum absolute atomic E-state index is 13.3. The van der Waals surface area contributed by atoms with Gasteiger partial charge in [0.25, 0.3) is 5.91 Å². The third kappa shape index (κ3) is 4.31. The predicted octanol–water partition coefficient (Wildman–Crippen LogP) is 4.84. The van der Waals surface area contributed by atoms with Gasteiger partial charge in [-0.25, -0.2) is 14.4 Å². The number of halogens is 2. The van der Waals surface area contributed by atoms with E-state index >= 15 is 0 Å². The molecule has 1 amide bonds. The van der Waals surface area contributed by atoms with Gasteiger partial charge in [-0.15, -0.1) is 0 Å². The van der Waals surface area contributed by atoms with Crippen LogP contribution in [0.3, 0.4) is 0 Å². The molecule has 3 N–H and O–H groups in total. The standard InChI is InChI=1S/C22H16ClFN4O2/c23-17-11-15(8-9-19(17)30-12-13-4-3-5-14(24)10-13)26-21-16-6-1-2-7-18(16)27-22(28-21)20(25)29/h1-11H,12H2,(H2,25,29)(H,26,27,28). The zero-order valence-corrected chi connectivity index (χ0v) is 16.4. The van der Waals surface area contributed by atoms with Crippen LogP contribution in [0.15, 0.2) is 66.7 Å². The Kier molecular flexibility index (Phi) is 5.45.